The smallest absolute Gasteiger partial charge is 0.262 e. The number of hydrogen-bond donors (Lipinski definition) is 2. The van der Waals surface area contributed by atoms with E-state index in [1.54, 1.807) is 36.8 Å². The van der Waals surface area contributed by atoms with Gasteiger partial charge in [0.25, 0.3) is 11.8 Å². The van der Waals surface area contributed by atoms with Crippen molar-refractivity contribution < 1.29 is 19.2 Å². The molecule has 1 saturated heterocycles. The molecule has 0 spiro atoms. The highest BCUT2D eigenvalue weighted by Gasteiger charge is 2.44. The van der Waals surface area contributed by atoms with Crippen LogP contribution in [0.5, 0.6) is 0 Å². The highest BCUT2D eigenvalue weighted by molar-refractivity contribution is 6.23. The first-order chi connectivity index (χ1) is 18.5. The number of anilines is 1. The molecule has 11 nitrogen and oxygen atoms in total. The van der Waals surface area contributed by atoms with Crippen molar-refractivity contribution in [3.63, 3.8) is 0 Å². The summed E-state index contributed by atoms with van der Waals surface area (Å²) in [4.78, 5) is 58.9. The Labute approximate surface area is 218 Å². The Bertz CT molecular complexity index is 1410. The molecule has 4 heterocycles. The summed E-state index contributed by atoms with van der Waals surface area (Å²) in [5.74, 6) is -1.34. The first kappa shape index (κ1) is 24.0. The zero-order chi connectivity index (χ0) is 26.2. The topological polar surface area (TPSA) is 139 Å². The molecule has 2 aliphatic heterocycles. The maximum Gasteiger partial charge on any atom is 0.262 e. The van der Waals surface area contributed by atoms with Crippen molar-refractivity contribution in [3.8, 4) is 11.3 Å². The summed E-state index contributed by atoms with van der Waals surface area (Å²) in [6.07, 6.45) is 13.4. The number of carbonyl (C=O) groups is 4. The van der Waals surface area contributed by atoms with E-state index in [4.69, 9.17) is 0 Å². The Hall–Kier alpha value is -4.41. The van der Waals surface area contributed by atoms with E-state index >= 15 is 0 Å². The van der Waals surface area contributed by atoms with E-state index in [0.717, 1.165) is 54.1 Å². The summed E-state index contributed by atoms with van der Waals surface area (Å²) in [6.45, 7) is 0.748. The number of nitrogens with one attached hydrogen (secondary N) is 2. The molecule has 2 fully saturated rings. The number of amides is 4. The second kappa shape index (κ2) is 9.81. The maximum absolute atomic E-state index is 13.0. The third-order valence-corrected chi connectivity index (χ3v) is 7.60. The number of nitrogens with zero attached hydrogens (tertiary/aromatic N) is 5. The molecule has 1 saturated carbocycles. The Morgan fingerprint density at radius 2 is 1.87 bits per heavy atom. The SMILES string of the molecule is O=C1CCC(N2C(=O)c3ccc(NCCCC4CC(n5cc(-c6cnccn6)cn5)C4)cc3C2=O)C(=O)N1. The lowest BCUT2D eigenvalue weighted by atomic mass is 9.77. The minimum absolute atomic E-state index is 0.101. The van der Waals surface area contributed by atoms with Crippen molar-refractivity contribution in [1.29, 1.82) is 0 Å². The van der Waals surface area contributed by atoms with Crippen molar-refractivity contribution in [1.82, 2.24) is 30.0 Å². The molecule has 4 amide bonds. The quantitative estimate of drug-likeness (QED) is 0.346. The number of hydrogen-bond acceptors (Lipinski definition) is 8. The average molecular weight is 514 g/mol. The summed E-state index contributed by atoms with van der Waals surface area (Å²) in [6, 6.07) is 4.53. The number of imide groups is 2. The van der Waals surface area contributed by atoms with Crippen LogP contribution in [0.15, 0.2) is 49.2 Å². The molecular weight excluding hydrogens is 486 g/mol. The van der Waals surface area contributed by atoms with Crippen LogP contribution in [0.3, 0.4) is 0 Å². The van der Waals surface area contributed by atoms with Gasteiger partial charge in [-0.2, -0.15) is 5.10 Å². The van der Waals surface area contributed by atoms with E-state index in [2.05, 4.69) is 25.7 Å². The Balaban J connectivity index is 0.976. The molecule has 1 aromatic carbocycles. The predicted molar refractivity (Wildman–Crippen MR) is 136 cm³/mol. The van der Waals surface area contributed by atoms with Crippen molar-refractivity contribution in [2.45, 2.75) is 50.6 Å². The van der Waals surface area contributed by atoms with Gasteiger partial charge in [-0.3, -0.25) is 44.0 Å². The van der Waals surface area contributed by atoms with Crippen LogP contribution in [0.2, 0.25) is 0 Å². The fourth-order valence-electron chi connectivity index (χ4n) is 5.47. The molecule has 1 aliphatic carbocycles. The van der Waals surface area contributed by atoms with E-state index < -0.39 is 23.8 Å². The predicted octanol–water partition coefficient (Wildman–Crippen LogP) is 2.58. The molecule has 194 valence electrons. The lowest BCUT2D eigenvalue weighted by molar-refractivity contribution is -0.136. The van der Waals surface area contributed by atoms with E-state index in [9.17, 15) is 19.2 Å². The zero-order valence-electron chi connectivity index (χ0n) is 20.7. The van der Waals surface area contributed by atoms with Gasteiger partial charge >= 0.3 is 0 Å². The summed E-state index contributed by atoms with van der Waals surface area (Å²) >= 11 is 0. The standard InChI is InChI=1S/C27H27N7O4/c35-24-6-5-23(25(36)32-24)34-26(37)20-4-3-18(12-21(20)27(34)38)29-7-1-2-16-10-19(11-16)33-15-17(13-31-33)22-14-28-8-9-30-22/h3-4,8-9,12-16,19,23,29H,1-2,5-7,10-11H2,(H,32,35,36). The third kappa shape index (κ3) is 4.44. The molecule has 1 unspecified atom stereocenters. The van der Waals surface area contributed by atoms with E-state index in [1.165, 1.54) is 0 Å². The van der Waals surface area contributed by atoms with Crippen LogP contribution >= 0.6 is 0 Å². The molecule has 3 aliphatic rings. The fourth-order valence-corrected chi connectivity index (χ4v) is 5.47. The van der Waals surface area contributed by atoms with Crippen LogP contribution in [0.4, 0.5) is 5.69 Å². The van der Waals surface area contributed by atoms with E-state index in [0.29, 0.717) is 12.0 Å². The van der Waals surface area contributed by atoms with Crippen molar-refractivity contribution >= 4 is 29.3 Å². The minimum Gasteiger partial charge on any atom is -0.385 e. The number of aromatic nitrogens is 4. The number of benzene rings is 1. The molecule has 2 aromatic heterocycles. The highest BCUT2D eigenvalue weighted by Crippen LogP contribution is 2.40. The molecule has 0 bridgehead atoms. The van der Waals surface area contributed by atoms with Crippen LogP contribution in [0, 0.1) is 5.92 Å². The van der Waals surface area contributed by atoms with Crippen molar-refractivity contribution in [3.05, 3.63) is 60.3 Å². The van der Waals surface area contributed by atoms with Crippen molar-refractivity contribution in [2.24, 2.45) is 5.92 Å². The van der Waals surface area contributed by atoms with Gasteiger partial charge in [0.2, 0.25) is 11.8 Å². The van der Waals surface area contributed by atoms with Crippen LogP contribution in [0.1, 0.15) is 65.3 Å². The van der Waals surface area contributed by atoms with Gasteiger partial charge in [0.15, 0.2) is 0 Å². The van der Waals surface area contributed by atoms with Gasteiger partial charge in [-0.05, 0) is 56.2 Å². The zero-order valence-corrected chi connectivity index (χ0v) is 20.7. The molecule has 6 rings (SSSR count). The Morgan fingerprint density at radius 3 is 2.66 bits per heavy atom. The van der Waals surface area contributed by atoms with Crippen LogP contribution in [-0.4, -0.2) is 60.9 Å². The fraction of sp³-hybridized carbons (Fsp3) is 0.370. The van der Waals surface area contributed by atoms with Crippen LogP contribution in [-0.2, 0) is 9.59 Å². The highest BCUT2D eigenvalue weighted by atomic mass is 16.2. The van der Waals surface area contributed by atoms with Gasteiger partial charge < -0.3 is 5.32 Å². The lowest BCUT2D eigenvalue weighted by Gasteiger charge is -2.35. The number of fused-ring (bicyclic) bond motifs is 1. The normalized spacial score (nSPS) is 22.7. The van der Waals surface area contributed by atoms with Crippen molar-refractivity contribution in [2.75, 3.05) is 11.9 Å². The molecule has 3 aromatic rings. The second-order valence-corrected chi connectivity index (χ2v) is 10.1. The molecule has 38 heavy (non-hydrogen) atoms. The minimum atomic E-state index is -0.955. The summed E-state index contributed by atoms with van der Waals surface area (Å²) in [5, 5.41) is 10.1. The third-order valence-electron chi connectivity index (χ3n) is 7.60. The summed E-state index contributed by atoms with van der Waals surface area (Å²) < 4.78 is 2.03. The monoisotopic (exact) mass is 513 g/mol. The molecule has 11 heteroatoms. The summed E-state index contributed by atoms with van der Waals surface area (Å²) in [7, 11) is 0. The number of carbonyl (C=O) groups excluding carboxylic acids is 4. The Kier molecular flexibility index (Phi) is 6.18. The lowest BCUT2D eigenvalue weighted by Crippen LogP contribution is -2.54. The van der Waals surface area contributed by atoms with Crippen LogP contribution in [0.25, 0.3) is 11.3 Å². The van der Waals surface area contributed by atoms with Crippen LogP contribution < -0.4 is 10.6 Å². The largest absolute Gasteiger partial charge is 0.385 e. The number of piperidine rings is 1. The maximum atomic E-state index is 13.0. The van der Waals surface area contributed by atoms with Gasteiger partial charge in [-0.25, -0.2) is 0 Å². The van der Waals surface area contributed by atoms with Gasteiger partial charge in [0, 0.05) is 42.8 Å². The first-order valence-corrected chi connectivity index (χ1v) is 12.9. The van der Waals surface area contributed by atoms with Gasteiger partial charge in [-0.1, -0.05) is 0 Å². The first-order valence-electron chi connectivity index (χ1n) is 12.9. The molecular formula is C27H27N7O4. The Morgan fingerprint density at radius 1 is 1.03 bits per heavy atom. The molecule has 1 atom stereocenters. The number of rotatable bonds is 8. The van der Waals surface area contributed by atoms with E-state index in [-0.39, 0.29) is 29.9 Å². The molecule has 0 radical (unpaired) electrons. The van der Waals surface area contributed by atoms with E-state index in [1.807, 2.05) is 17.1 Å². The molecule has 2 N–H and O–H groups in total. The van der Waals surface area contributed by atoms with Gasteiger partial charge in [-0.15, -0.1) is 0 Å². The van der Waals surface area contributed by atoms with Gasteiger partial charge in [0.1, 0.15) is 6.04 Å². The van der Waals surface area contributed by atoms with Gasteiger partial charge in [0.05, 0.1) is 35.3 Å². The second-order valence-electron chi connectivity index (χ2n) is 10.1. The average Bonchev–Trinajstić information content (AvgIpc) is 3.47. The summed E-state index contributed by atoms with van der Waals surface area (Å²) in [5.41, 5.74) is 3.12.